The normalized spacial score (nSPS) is 13.3. The van der Waals surface area contributed by atoms with Crippen molar-refractivity contribution in [1.29, 1.82) is 0 Å². The first kappa shape index (κ1) is 17.8. The molecule has 2 aromatic carbocycles. The van der Waals surface area contributed by atoms with E-state index in [1.54, 1.807) is 0 Å². The Kier molecular flexibility index (Phi) is 4.45. The lowest BCUT2D eigenvalue weighted by molar-refractivity contribution is 0.0734. The Morgan fingerprint density at radius 1 is 1.00 bits per heavy atom. The molecular weight excluding hydrogens is 384 g/mol. The van der Waals surface area contributed by atoms with Gasteiger partial charge in [0, 0.05) is 65.0 Å². The molecule has 1 N–H and O–H groups in total. The van der Waals surface area contributed by atoms with E-state index in [0.717, 1.165) is 34.6 Å². The van der Waals surface area contributed by atoms with Gasteiger partial charge in [-0.3, -0.25) is 9.89 Å². The van der Waals surface area contributed by atoms with E-state index in [1.165, 1.54) is 0 Å². The van der Waals surface area contributed by atoms with Gasteiger partial charge in [-0.2, -0.15) is 5.10 Å². The number of benzene rings is 2. The largest absolute Gasteiger partial charge is 0.334 e. The summed E-state index contributed by atoms with van der Waals surface area (Å²) in [7, 11) is 0. The summed E-state index contributed by atoms with van der Waals surface area (Å²) < 4.78 is 2.02. The van der Waals surface area contributed by atoms with Gasteiger partial charge in [-0.25, -0.2) is 0 Å². The van der Waals surface area contributed by atoms with E-state index >= 15 is 0 Å². The molecule has 0 unspecified atom stereocenters. The average molecular weight is 403 g/mol. The monoisotopic (exact) mass is 402 g/mol. The number of H-pyrrole nitrogens is 1. The SMILES string of the molecule is O=C(c1ccc(-n2cccc2)cc1)N1CCc2[nH]nc(-c3ccc(Cl)cc3)c2C1. The number of aromatic nitrogens is 3. The fraction of sp³-hybridized carbons (Fsp3) is 0.130. The molecule has 4 aromatic rings. The van der Waals surface area contributed by atoms with Gasteiger partial charge in [0.1, 0.15) is 0 Å². The van der Waals surface area contributed by atoms with Crippen LogP contribution in [0.15, 0.2) is 73.1 Å². The molecule has 144 valence electrons. The van der Waals surface area contributed by atoms with E-state index in [9.17, 15) is 4.79 Å². The van der Waals surface area contributed by atoms with Crippen LogP contribution >= 0.6 is 11.6 Å². The van der Waals surface area contributed by atoms with Gasteiger partial charge in [0.15, 0.2) is 0 Å². The van der Waals surface area contributed by atoms with Crippen molar-refractivity contribution in [3.63, 3.8) is 0 Å². The molecule has 0 fully saturated rings. The Hall–Kier alpha value is -3.31. The number of nitrogens with zero attached hydrogens (tertiary/aromatic N) is 3. The summed E-state index contributed by atoms with van der Waals surface area (Å²) in [5.41, 5.74) is 5.79. The number of fused-ring (bicyclic) bond motifs is 1. The molecule has 0 atom stereocenters. The van der Waals surface area contributed by atoms with Gasteiger partial charge in [-0.1, -0.05) is 23.7 Å². The fourth-order valence-corrected chi connectivity index (χ4v) is 3.91. The smallest absolute Gasteiger partial charge is 0.254 e. The lowest BCUT2D eigenvalue weighted by atomic mass is 10.0. The number of hydrogen-bond donors (Lipinski definition) is 1. The third-order valence-corrected chi connectivity index (χ3v) is 5.61. The number of rotatable bonds is 3. The first-order chi connectivity index (χ1) is 14.2. The zero-order valence-corrected chi connectivity index (χ0v) is 16.4. The van der Waals surface area contributed by atoms with E-state index in [1.807, 2.05) is 82.5 Å². The van der Waals surface area contributed by atoms with Gasteiger partial charge >= 0.3 is 0 Å². The summed E-state index contributed by atoms with van der Waals surface area (Å²) in [6.07, 6.45) is 4.74. The van der Waals surface area contributed by atoms with Crippen LogP contribution in [0, 0.1) is 0 Å². The molecule has 1 aliphatic heterocycles. The molecule has 2 aromatic heterocycles. The Bertz CT molecular complexity index is 1140. The molecule has 0 radical (unpaired) electrons. The highest BCUT2D eigenvalue weighted by Crippen LogP contribution is 2.29. The van der Waals surface area contributed by atoms with E-state index < -0.39 is 0 Å². The molecule has 0 saturated carbocycles. The average Bonchev–Trinajstić information content (AvgIpc) is 3.44. The fourth-order valence-electron chi connectivity index (χ4n) is 3.78. The van der Waals surface area contributed by atoms with Crippen LogP contribution in [0.5, 0.6) is 0 Å². The zero-order chi connectivity index (χ0) is 19.8. The van der Waals surface area contributed by atoms with Gasteiger partial charge in [-0.05, 0) is 48.5 Å². The van der Waals surface area contributed by atoms with Crippen LogP contribution < -0.4 is 0 Å². The van der Waals surface area contributed by atoms with Crippen molar-refractivity contribution in [2.45, 2.75) is 13.0 Å². The number of carbonyl (C=O) groups is 1. The predicted octanol–water partition coefficient (Wildman–Crippen LogP) is 4.72. The third kappa shape index (κ3) is 3.34. The minimum absolute atomic E-state index is 0.0398. The second kappa shape index (κ2) is 7.26. The van der Waals surface area contributed by atoms with E-state index in [4.69, 9.17) is 11.6 Å². The highest BCUT2D eigenvalue weighted by molar-refractivity contribution is 6.30. The van der Waals surface area contributed by atoms with E-state index in [2.05, 4.69) is 10.2 Å². The van der Waals surface area contributed by atoms with Crippen LogP contribution in [-0.4, -0.2) is 32.1 Å². The summed E-state index contributed by atoms with van der Waals surface area (Å²) in [5.74, 6) is 0.0398. The van der Waals surface area contributed by atoms with Crippen LogP contribution in [0.3, 0.4) is 0 Å². The van der Waals surface area contributed by atoms with E-state index in [-0.39, 0.29) is 5.91 Å². The van der Waals surface area contributed by atoms with Crippen molar-refractivity contribution in [2.75, 3.05) is 6.54 Å². The molecule has 3 heterocycles. The lowest BCUT2D eigenvalue weighted by Crippen LogP contribution is -2.35. The second-order valence-corrected chi connectivity index (χ2v) is 7.59. The maximum Gasteiger partial charge on any atom is 0.254 e. The molecular formula is C23H19ClN4O. The van der Waals surface area contributed by atoms with Crippen molar-refractivity contribution >= 4 is 17.5 Å². The molecule has 5 rings (SSSR count). The van der Waals surface area contributed by atoms with Crippen LogP contribution in [0.25, 0.3) is 16.9 Å². The Labute approximate surface area is 173 Å². The molecule has 5 nitrogen and oxygen atoms in total. The predicted molar refractivity (Wildman–Crippen MR) is 113 cm³/mol. The molecule has 1 aliphatic rings. The van der Waals surface area contributed by atoms with Crippen molar-refractivity contribution in [1.82, 2.24) is 19.7 Å². The quantitative estimate of drug-likeness (QED) is 0.539. The number of hydrogen-bond acceptors (Lipinski definition) is 2. The zero-order valence-electron chi connectivity index (χ0n) is 15.7. The number of amides is 1. The minimum Gasteiger partial charge on any atom is -0.334 e. The Morgan fingerprint density at radius 3 is 2.45 bits per heavy atom. The van der Waals surface area contributed by atoms with Crippen molar-refractivity contribution in [3.05, 3.63) is 94.9 Å². The maximum atomic E-state index is 13.1. The lowest BCUT2D eigenvalue weighted by Gasteiger charge is -2.27. The van der Waals surface area contributed by atoms with Crippen LogP contribution in [0.4, 0.5) is 0 Å². The first-order valence-corrected chi connectivity index (χ1v) is 9.91. The summed E-state index contributed by atoms with van der Waals surface area (Å²) in [5, 5.41) is 8.33. The van der Waals surface area contributed by atoms with Gasteiger partial charge in [0.25, 0.3) is 5.91 Å². The highest BCUT2D eigenvalue weighted by Gasteiger charge is 2.26. The van der Waals surface area contributed by atoms with Crippen LogP contribution in [0.1, 0.15) is 21.6 Å². The van der Waals surface area contributed by atoms with Crippen molar-refractivity contribution < 1.29 is 4.79 Å². The molecule has 0 saturated heterocycles. The molecule has 0 spiro atoms. The highest BCUT2D eigenvalue weighted by atomic mass is 35.5. The van der Waals surface area contributed by atoms with Gasteiger partial charge in [0.05, 0.1) is 5.69 Å². The molecule has 1 amide bonds. The van der Waals surface area contributed by atoms with Crippen LogP contribution in [-0.2, 0) is 13.0 Å². The van der Waals surface area contributed by atoms with Crippen molar-refractivity contribution in [2.24, 2.45) is 0 Å². The summed E-state index contributed by atoms with van der Waals surface area (Å²) in [6.45, 7) is 1.22. The third-order valence-electron chi connectivity index (χ3n) is 5.36. The maximum absolute atomic E-state index is 13.1. The minimum atomic E-state index is 0.0398. The Morgan fingerprint density at radius 2 is 1.72 bits per heavy atom. The Balaban J connectivity index is 1.38. The molecule has 6 heteroatoms. The van der Waals surface area contributed by atoms with Crippen LogP contribution in [0.2, 0.25) is 5.02 Å². The van der Waals surface area contributed by atoms with Gasteiger partial charge < -0.3 is 9.47 Å². The topological polar surface area (TPSA) is 53.9 Å². The molecule has 0 bridgehead atoms. The number of aromatic amines is 1. The standard InChI is InChI=1S/C23H19ClN4O/c24-18-7-3-16(4-8-18)22-20-15-28(14-11-21(20)25-26-22)23(29)17-5-9-19(10-6-17)27-12-1-2-13-27/h1-10,12-13H,11,14-15H2,(H,25,26). The summed E-state index contributed by atoms with van der Waals surface area (Å²) in [4.78, 5) is 15.0. The van der Waals surface area contributed by atoms with Crippen molar-refractivity contribution in [3.8, 4) is 16.9 Å². The van der Waals surface area contributed by atoms with Gasteiger partial charge in [-0.15, -0.1) is 0 Å². The van der Waals surface area contributed by atoms with E-state index in [0.29, 0.717) is 23.7 Å². The molecule has 29 heavy (non-hydrogen) atoms. The first-order valence-electron chi connectivity index (χ1n) is 9.54. The second-order valence-electron chi connectivity index (χ2n) is 7.15. The summed E-state index contributed by atoms with van der Waals surface area (Å²) >= 11 is 6.01. The number of nitrogens with one attached hydrogen (secondary N) is 1. The number of carbonyl (C=O) groups excluding carboxylic acids is 1. The number of halogens is 1. The summed E-state index contributed by atoms with van der Waals surface area (Å²) in [6, 6.07) is 19.3. The van der Waals surface area contributed by atoms with Gasteiger partial charge in [0.2, 0.25) is 0 Å². The molecule has 0 aliphatic carbocycles.